The standard InChI is InChI=1S/C12H11ClN2O2/c1-17-10-5-3-2-4-9(10)12-14-8(7-13)6-11(16)15-12/h2-6H,7H2,1H3,(H,14,15,16). The van der Waals surface area contributed by atoms with Crippen LogP contribution in [0.1, 0.15) is 5.69 Å². The first-order chi connectivity index (χ1) is 8.24. The third-order valence-electron chi connectivity index (χ3n) is 2.29. The zero-order valence-electron chi connectivity index (χ0n) is 9.24. The Labute approximate surface area is 103 Å². The molecule has 17 heavy (non-hydrogen) atoms. The summed E-state index contributed by atoms with van der Waals surface area (Å²) >= 11 is 5.69. The van der Waals surface area contributed by atoms with Crippen LogP contribution in [0.3, 0.4) is 0 Å². The lowest BCUT2D eigenvalue weighted by molar-refractivity contribution is 0.416. The molecule has 0 aliphatic heterocycles. The smallest absolute Gasteiger partial charge is 0.251 e. The molecule has 2 rings (SSSR count). The molecule has 88 valence electrons. The highest BCUT2D eigenvalue weighted by molar-refractivity contribution is 6.16. The first-order valence-corrected chi connectivity index (χ1v) is 5.57. The number of aromatic nitrogens is 2. The van der Waals surface area contributed by atoms with Gasteiger partial charge in [0.05, 0.1) is 24.2 Å². The van der Waals surface area contributed by atoms with E-state index in [0.717, 1.165) is 5.56 Å². The number of methoxy groups -OCH3 is 1. The second-order valence-electron chi connectivity index (χ2n) is 3.42. The predicted molar refractivity (Wildman–Crippen MR) is 66.4 cm³/mol. The van der Waals surface area contributed by atoms with Gasteiger partial charge in [0.1, 0.15) is 11.6 Å². The molecule has 5 heteroatoms. The third-order valence-corrected chi connectivity index (χ3v) is 2.57. The molecule has 2 aromatic rings. The number of rotatable bonds is 3. The van der Waals surface area contributed by atoms with Crippen LogP contribution in [0.5, 0.6) is 5.75 Å². The van der Waals surface area contributed by atoms with Gasteiger partial charge in [0.25, 0.3) is 5.56 Å². The van der Waals surface area contributed by atoms with Crippen molar-refractivity contribution in [2.75, 3.05) is 7.11 Å². The molecule has 0 atom stereocenters. The molecule has 1 N–H and O–H groups in total. The quantitative estimate of drug-likeness (QED) is 0.850. The van der Waals surface area contributed by atoms with Crippen LogP contribution in [0.2, 0.25) is 0 Å². The van der Waals surface area contributed by atoms with Gasteiger partial charge in [-0.1, -0.05) is 12.1 Å². The van der Waals surface area contributed by atoms with Crippen molar-refractivity contribution in [2.24, 2.45) is 0 Å². The van der Waals surface area contributed by atoms with Crippen molar-refractivity contribution in [3.05, 3.63) is 46.4 Å². The van der Waals surface area contributed by atoms with Crippen LogP contribution in [0.15, 0.2) is 35.1 Å². The van der Waals surface area contributed by atoms with Crippen molar-refractivity contribution in [1.29, 1.82) is 0 Å². The Kier molecular flexibility index (Phi) is 3.44. The van der Waals surface area contributed by atoms with Crippen molar-refractivity contribution < 1.29 is 4.74 Å². The number of H-pyrrole nitrogens is 1. The second-order valence-corrected chi connectivity index (χ2v) is 3.69. The minimum Gasteiger partial charge on any atom is -0.496 e. The Bertz CT molecular complexity index is 581. The van der Waals surface area contributed by atoms with Crippen molar-refractivity contribution >= 4 is 11.6 Å². The van der Waals surface area contributed by atoms with Crippen LogP contribution in [0.4, 0.5) is 0 Å². The van der Waals surface area contributed by atoms with E-state index in [-0.39, 0.29) is 11.4 Å². The maximum Gasteiger partial charge on any atom is 0.251 e. The zero-order valence-corrected chi connectivity index (χ0v) is 9.99. The molecule has 0 aliphatic carbocycles. The van der Waals surface area contributed by atoms with Gasteiger partial charge in [-0.25, -0.2) is 4.98 Å². The normalized spacial score (nSPS) is 10.2. The van der Waals surface area contributed by atoms with Gasteiger partial charge in [-0.05, 0) is 12.1 Å². The van der Waals surface area contributed by atoms with E-state index in [1.54, 1.807) is 7.11 Å². The van der Waals surface area contributed by atoms with Crippen LogP contribution >= 0.6 is 11.6 Å². The number of halogens is 1. The molecule has 1 aromatic carbocycles. The summed E-state index contributed by atoms with van der Waals surface area (Å²) < 4.78 is 5.22. The molecule has 0 aliphatic rings. The molecule has 0 unspecified atom stereocenters. The molecule has 4 nitrogen and oxygen atoms in total. The highest BCUT2D eigenvalue weighted by Crippen LogP contribution is 2.26. The van der Waals surface area contributed by atoms with Crippen molar-refractivity contribution in [1.82, 2.24) is 9.97 Å². The summed E-state index contributed by atoms with van der Waals surface area (Å²) in [5, 5.41) is 0. The SMILES string of the molecule is COc1ccccc1-c1nc(CCl)cc(=O)[nH]1. The fourth-order valence-electron chi connectivity index (χ4n) is 1.54. The van der Waals surface area contributed by atoms with Gasteiger partial charge in [-0.2, -0.15) is 0 Å². The first kappa shape index (κ1) is 11.7. The monoisotopic (exact) mass is 250 g/mol. The lowest BCUT2D eigenvalue weighted by Gasteiger charge is -2.07. The molecule has 0 fully saturated rings. The van der Waals surface area contributed by atoms with Gasteiger partial charge in [0.15, 0.2) is 0 Å². The average molecular weight is 251 g/mol. The number of alkyl halides is 1. The molecular formula is C12H11ClN2O2. The number of nitrogens with zero attached hydrogens (tertiary/aromatic N) is 1. The molecule has 1 heterocycles. The number of benzene rings is 1. The predicted octanol–water partition coefficient (Wildman–Crippen LogP) is 2.18. The van der Waals surface area contributed by atoms with Gasteiger partial charge >= 0.3 is 0 Å². The van der Waals surface area contributed by atoms with E-state index in [4.69, 9.17) is 16.3 Å². The highest BCUT2D eigenvalue weighted by Gasteiger charge is 2.08. The van der Waals surface area contributed by atoms with Crippen LogP contribution in [-0.4, -0.2) is 17.1 Å². The van der Waals surface area contributed by atoms with Gasteiger partial charge < -0.3 is 9.72 Å². The Morgan fingerprint density at radius 1 is 1.41 bits per heavy atom. The topological polar surface area (TPSA) is 55.0 Å². The van der Waals surface area contributed by atoms with Gasteiger partial charge in [0, 0.05) is 6.07 Å². The maximum atomic E-state index is 11.4. The van der Waals surface area contributed by atoms with Crippen molar-refractivity contribution in [3.8, 4) is 17.1 Å². The van der Waals surface area contributed by atoms with Gasteiger partial charge in [-0.15, -0.1) is 11.6 Å². The Balaban J connectivity index is 2.59. The zero-order chi connectivity index (χ0) is 12.3. The van der Waals surface area contributed by atoms with Crippen LogP contribution < -0.4 is 10.3 Å². The van der Waals surface area contributed by atoms with E-state index < -0.39 is 0 Å². The number of aromatic amines is 1. The van der Waals surface area contributed by atoms with Gasteiger partial charge in [-0.3, -0.25) is 4.79 Å². The number of hydrogen-bond donors (Lipinski definition) is 1. The largest absolute Gasteiger partial charge is 0.496 e. The third kappa shape index (κ3) is 2.47. The minimum atomic E-state index is -0.225. The minimum absolute atomic E-state index is 0.200. The van der Waals surface area contributed by atoms with Crippen molar-refractivity contribution in [2.45, 2.75) is 5.88 Å². The number of ether oxygens (including phenoxy) is 1. The second kappa shape index (κ2) is 5.01. The van der Waals surface area contributed by atoms with E-state index >= 15 is 0 Å². The summed E-state index contributed by atoms with van der Waals surface area (Å²) in [7, 11) is 1.57. The summed E-state index contributed by atoms with van der Waals surface area (Å²) in [4.78, 5) is 18.4. The van der Waals surface area contributed by atoms with E-state index in [2.05, 4.69) is 9.97 Å². The summed E-state index contributed by atoms with van der Waals surface area (Å²) in [5.41, 5.74) is 1.05. The first-order valence-electron chi connectivity index (χ1n) is 5.04. The van der Waals surface area contributed by atoms with E-state index in [9.17, 15) is 4.79 Å². The molecule has 0 spiro atoms. The molecule has 0 radical (unpaired) electrons. The van der Waals surface area contributed by atoms with Crippen LogP contribution in [0.25, 0.3) is 11.4 Å². The Hall–Kier alpha value is -1.81. The summed E-state index contributed by atoms with van der Waals surface area (Å²) in [6.07, 6.45) is 0. The fraction of sp³-hybridized carbons (Fsp3) is 0.167. The lowest BCUT2D eigenvalue weighted by atomic mass is 10.2. The lowest BCUT2D eigenvalue weighted by Crippen LogP contribution is -2.10. The summed E-state index contributed by atoms with van der Waals surface area (Å²) in [6, 6.07) is 8.72. The van der Waals surface area contributed by atoms with Crippen LogP contribution in [0, 0.1) is 0 Å². The highest BCUT2D eigenvalue weighted by atomic mass is 35.5. The Morgan fingerprint density at radius 2 is 2.18 bits per heavy atom. The average Bonchev–Trinajstić information content (AvgIpc) is 2.37. The van der Waals surface area contributed by atoms with E-state index in [0.29, 0.717) is 17.3 Å². The number of para-hydroxylation sites is 1. The fourth-order valence-corrected chi connectivity index (χ4v) is 1.68. The molecule has 1 aromatic heterocycles. The maximum absolute atomic E-state index is 11.4. The number of nitrogens with one attached hydrogen (secondary N) is 1. The van der Waals surface area contributed by atoms with Gasteiger partial charge in [0.2, 0.25) is 0 Å². The summed E-state index contributed by atoms with van der Waals surface area (Å²) in [6.45, 7) is 0. The summed E-state index contributed by atoms with van der Waals surface area (Å²) in [5.74, 6) is 1.32. The molecule has 0 saturated carbocycles. The molecule has 0 bridgehead atoms. The molecule has 0 amide bonds. The number of hydrogen-bond acceptors (Lipinski definition) is 3. The molecule has 0 saturated heterocycles. The van der Waals surface area contributed by atoms with E-state index in [1.807, 2.05) is 24.3 Å². The van der Waals surface area contributed by atoms with Crippen molar-refractivity contribution in [3.63, 3.8) is 0 Å². The van der Waals surface area contributed by atoms with E-state index in [1.165, 1.54) is 6.07 Å². The van der Waals surface area contributed by atoms with Crippen LogP contribution in [-0.2, 0) is 5.88 Å². The Morgan fingerprint density at radius 3 is 2.88 bits per heavy atom. The molecular weight excluding hydrogens is 240 g/mol.